The fourth-order valence-electron chi connectivity index (χ4n) is 2.85. The predicted octanol–water partition coefficient (Wildman–Crippen LogP) is 4.08. The van der Waals surface area contributed by atoms with Crippen LogP contribution in [0.1, 0.15) is 66.4 Å². The van der Waals surface area contributed by atoms with Crippen molar-refractivity contribution in [2.75, 3.05) is 7.11 Å². The summed E-state index contributed by atoms with van der Waals surface area (Å²) < 4.78 is 20.7. The highest BCUT2D eigenvalue weighted by Gasteiger charge is 2.44. The summed E-state index contributed by atoms with van der Waals surface area (Å²) in [5, 5.41) is 12.8. The number of carboxylic acids is 1. The predicted molar refractivity (Wildman–Crippen MR) is 127 cm³/mol. The van der Waals surface area contributed by atoms with Gasteiger partial charge in [0.05, 0.1) is 18.9 Å². The molecule has 1 aromatic rings. The maximum Gasteiger partial charge on any atom is 0.510 e. The van der Waals surface area contributed by atoms with Crippen molar-refractivity contribution in [3.8, 4) is 11.5 Å². The molecule has 0 aromatic heterocycles. The SMILES string of the molecule is CCC(C)N[C@@](Cc1ccc(OC(=O)C(C)CC)c(OC(=O)C(C)CC)c1)(OC(=O)OC)C(=O)O. The maximum atomic E-state index is 12.5. The van der Waals surface area contributed by atoms with Crippen molar-refractivity contribution in [3.05, 3.63) is 23.8 Å². The number of aliphatic carboxylic acids is 1. The van der Waals surface area contributed by atoms with E-state index >= 15 is 0 Å². The van der Waals surface area contributed by atoms with E-state index in [0.717, 1.165) is 7.11 Å². The van der Waals surface area contributed by atoms with E-state index < -0.39 is 35.7 Å². The van der Waals surface area contributed by atoms with Crippen LogP contribution in [0.3, 0.4) is 0 Å². The summed E-state index contributed by atoms with van der Waals surface area (Å²) in [6.45, 7) is 10.7. The molecule has 3 unspecified atom stereocenters. The minimum absolute atomic E-state index is 0.0281. The molecule has 0 aliphatic carbocycles. The number of hydrogen-bond donors (Lipinski definition) is 2. The van der Waals surface area contributed by atoms with Crippen molar-refractivity contribution < 1.29 is 43.2 Å². The number of esters is 2. The van der Waals surface area contributed by atoms with Gasteiger partial charge in [-0.15, -0.1) is 0 Å². The molecular weight excluding hydrogens is 458 g/mol. The summed E-state index contributed by atoms with van der Waals surface area (Å²) in [5.74, 6) is -3.25. The monoisotopic (exact) mass is 495 g/mol. The Morgan fingerprint density at radius 1 is 0.914 bits per heavy atom. The van der Waals surface area contributed by atoms with Gasteiger partial charge in [-0.2, -0.15) is 0 Å². The number of rotatable bonds is 13. The Kier molecular flexibility index (Phi) is 11.7. The topological polar surface area (TPSA) is 137 Å². The van der Waals surface area contributed by atoms with Gasteiger partial charge < -0.3 is 24.1 Å². The van der Waals surface area contributed by atoms with E-state index in [2.05, 4.69) is 10.1 Å². The number of carbonyl (C=O) groups is 4. The molecule has 0 fully saturated rings. The molecule has 10 nitrogen and oxygen atoms in total. The van der Waals surface area contributed by atoms with Gasteiger partial charge in [0.1, 0.15) is 0 Å². The lowest BCUT2D eigenvalue weighted by Crippen LogP contribution is -2.59. The standard InChI is InChI=1S/C25H37NO9/c1-8-15(4)21(27)33-19-12-11-18(13-20(19)34-22(28)16(5)9-2)14-25(23(29)30,26-17(6)10-3)35-24(31)32-7/h11-13,15-17,26H,8-10,14H2,1-7H3,(H,29,30)/t15?,16?,17?,25-/m0/s1. The molecule has 0 saturated heterocycles. The molecule has 1 aromatic carbocycles. The molecule has 0 amide bonds. The van der Waals surface area contributed by atoms with E-state index in [1.165, 1.54) is 18.2 Å². The molecule has 2 N–H and O–H groups in total. The van der Waals surface area contributed by atoms with Gasteiger partial charge in [-0.25, -0.2) is 9.59 Å². The van der Waals surface area contributed by atoms with Gasteiger partial charge >= 0.3 is 24.1 Å². The van der Waals surface area contributed by atoms with Gasteiger partial charge in [0.2, 0.25) is 0 Å². The summed E-state index contributed by atoms with van der Waals surface area (Å²) in [5.41, 5.74) is -1.81. The molecule has 0 saturated carbocycles. The molecule has 1 rings (SSSR count). The molecule has 0 aliphatic heterocycles. The minimum atomic E-state index is -2.16. The van der Waals surface area contributed by atoms with Crippen LogP contribution in [-0.4, -0.2) is 48.0 Å². The van der Waals surface area contributed by atoms with Crippen molar-refractivity contribution in [1.82, 2.24) is 5.32 Å². The van der Waals surface area contributed by atoms with E-state index in [1.807, 2.05) is 20.8 Å². The summed E-state index contributed by atoms with van der Waals surface area (Å²) in [6, 6.07) is 4.00. The van der Waals surface area contributed by atoms with Crippen molar-refractivity contribution in [2.24, 2.45) is 11.8 Å². The fourth-order valence-corrected chi connectivity index (χ4v) is 2.85. The van der Waals surface area contributed by atoms with E-state index in [4.69, 9.17) is 14.2 Å². The van der Waals surface area contributed by atoms with Crippen molar-refractivity contribution in [1.29, 1.82) is 0 Å². The van der Waals surface area contributed by atoms with Crippen LogP contribution < -0.4 is 14.8 Å². The molecule has 0 spiro atoms. The van der Waals surface area contributed by atoms with Gasteiger partial charge in [-0.1, -0.05) is 40.7 Å². The van der Waals surface area contributed by atoms with E-state index in [9.17, 15) is 24.3 Å². The summed E-state index contributed by atoms with van der Waals surface area (Å²) >= 11 is 0. The lowest BCUT2D eigenvalue weighted by Gasteiger charge is -2.32. The quantitative estimate of drug-likeness (QED) is 0.234. The van der Waals surface area contributed by atoms with E-state index in [-0.39, 0.29) is 29.9 Å². The average molecular weight is 496 g/mol. The van der Waals surface area contributed by atoms with Crippen LogP contribution in [0.25, 0.3) is 0 Å². The third kappa shape index (κ3) is 8.54. The number of carboxylic acid groups (broad SMARTS) is 1. The maximum absolute atomic E-state index is 12.5. The third-order valence-electron chi connectivity index (χ3n) is 5.77. The Morgan fingerprint density at radius 3 is 1.91 bits per heavy atom. The first-order valence-corrected chi connectivity index (χ1v) is 11.8. The number of carbonyl (C=O) groups excluding carboxylic acids is 3. The third-order valence-corrected chi connectivity index (χ3v) is 5.77. The second kappa shape index (κ2) is 13.7. The van der Waals surface area contributed by atoms with Gasteiger partial charge in [0.25, 0.3) is 5.72 Å². The molecule has 35 heavy (non-hydrogen) atoms. The zero-order chi connectivity index (χ0) is 26.8. The average Bonchev–Trinajstić information content (AvgIpc) is 2.83. The molecular formula is C25H37NO9. The van der Waals surface area contributed by atoms with Crippen LogP contribution in [0.15, 0.2) is 18.2 Å². The Balaban J connectivity index is 3.48. The number of nitrogens with one attached hydrogen (secondary N) is 1. The zero-order valence-corrected chi connectivity index (χ0v) is 21.5. The summed E-state index contributed by atoms with van der Waals surface area (Å²) in [7, 11) is 1.07. The fraction of sp³-hybridized carbons (Fsp3) is 0.600. The van der Waals surface area contributed by atoms with E-state index in [0.29, 0.717) is 24.8 Å². The molecule has 4 atom stereocenters. The van der Waals surface area contributed by atoms with Crippen molar-refractivity contribution in [2.45, 2.75) is 79.0 Å². The van der Waals surface area contributed by atoms with Gasteiger partial charge in [0, 0.05) is 12.5 Å². The number of methoxy groups -OCH3 is 1. The molecule has 0 aliphatic rings. The molecule has 0 bridgehead atoms. The lowest BCUT2D eigenvalue weighted by molar-refractivity contribution is -0.166. The minimum Gasteiger partial charge on any atom is -0.477 e. The number of ether oxygens (including phenoxy) is 4. The second-order valence-corrected chi connectivity index (χ2v) is 8.56. The Bertz CT molecular complexity index is 901. The van der Waals surface area contributed by atoms with Gasteiger partial charge in [0.15, 0.2) is 11.5 Å². The van der Waals surface area contributed by atoms with Crippen LogP contribution in [0.5, 0.6) is 11.5 Å². The lowest BCUT2D eigenvalue weighted by atomic mass is 10.00. The second-order valence-electron chi connectivity index (χ2n) is 8.56. The first kappa shape index (κ1) is 29.9. The molecule has 0 radical (unpaired) electrons. The van der Waals surface area contributed by atoms with Crippen molar-refractivity contribution >= 4 is 24.1 Å². The molecule has 0 heterocycles. The normalized spacial score (nSPS) is 15.2. The van der Waals surface area contributed by atoms with Crippen LogP contribution in [-0.2, 0) is 30.3 Å². The zero-order valence-electron chi connectivity index (χ0n) is 21.5. The van der Waals surface area contributed by atoms with Crippen molar-refractivity contribution in [3.63, 3.8) is 0 Å². The first-order valence-electron chi connectivity index (χ1n) is 11.8. The largest absolute Gasteiger partial charge is 0.510 e. The van der Waals surface area contributed by atoms with Crippen LogP contribution >= 0.6 is 0 Å². The van der Waals surface area contributed by atoms with Crippen LogP contribution in [0.4, 0.5) is 4.79 Å². The van der Waals surface area contributed by atoms with Gasteiger partial charge in [-0.05, 0) is 43.9 Å². The smallest absolute Gasteiger partial charge is 0.477 e. The number of hydrogen-bond acceptors (Lipinski definition) is 9. The van der Waals surface area contributed by atoms with Gasteiger partial charge in [-0.3, -0.25) is 14.9 Å². The molecule has 10 heteroatoms. The first-order chi connectivity index (χ1) is 16.4. The Hall–Kier alpha value is -3.14. The Morgan fingerprint density at radius 2 is 1.46 bits per heavy atom. The van der Waals surface area contributed by atoms with Crippen LogP contribution in [0.2, 0.25) is 0 Å². The highest BCUT2D eigenvalue weighted by molar-refractivity contribution is 5.81. The Labute approximate surface area is 206 Å². The highest BCUT2D eigenvalue weighted by atomic mass is 16.7. The van der Waals surface area contributed by atoms with E-state index in [1.54, 1.807) is 20.8 Å². The number of benzene rings is 1. The molecule has 196 valence electrons. The summed E-state index contributed by atoms with van der Waals surface area (Å²) in [6.07, 6.45) is 0.156. The summed E-state index contributed by atoms with van der Waals surface area (Å²) in [4.78, 5) is 49.0. The van der Waals surface area contributed by atoms with Crippen LogP contribution in [0, 0.1) is 11.8 Å². The highest BCUT2D eigenvalue weighted by Crippen LogP contribution is 2.32.